The van der Waals surface area contributed by atoms with Crippen molar-refractivity contribution in [1.82, 2.24) is 18.9 Å². The highest BCUT2D eigenvalue weighted by Crippen LogP contribution is 2.36. The molecule has 0 saturated carbocycles. The van der Waals surface area contributed by atoms with Crippen LogP contribution in [0.25, 0.3) is 6.08 Å². The normalized spacial score (nSPS) is 24.1. The topological polar surface area (TPSA) is 84.6 Å². The zero-order chi connectivity index (χ0) is 21.7. The lowest BCUT2D eigenvalue weighted by atomic mass is 9.83. The molecule has 0 aromatic carbocycles. The lowest BCUT2D eigenvalue weighted by molar-refractivity contribution is -0.138. The summed E-state index contributed by atoms with van der Waals surface area (Å²) in [6.45, 7) is 1.37. The first kappa shape index (κ1) is 19.9. The molecule has 3 aliphatic heterocycles. The summed E-state index contributed by atoms with van der Waals surface area (Å²) in [4.78, 5) is 53.5. The Labute approximate surface area is 183 Å². The monoisotopic (exact) mass is 438 g/mol. The van der Waals surface area contributed by atoms with E-state index in [0.717, 1.165) is 34.5 Å². The van der Waals surface area contributed by atoms with Crippen molar-refractivity contribution in [1.29, 1.82) is 0 Å². The summed E-state index contributed by atoms with van der Waals surface area (Å²) < 4.78 is 3.67. The number of likely N-dealkylation sites (tertiary alicyclic amines) is 1. The zero-order valence-electron chi connectivity index (χ0n) is 17.1. The van der Waals surface area contributed by atoms with Gasteiger partial charge in [-0.15, -0.1) is 0 Å². The minimum Gasteiger partial charge on any atom is -0.351 e. The molecule has 2 atom stereocenters. The summed E-state index contributed by atoms with van der Waals surface area (Å²) in [5.41, 5.74) is 1.77. The van der Waals surface area contributed by atoms with Crippen molar-refractivity contribution in [2.45, 2.75) is 18.9 Å². The molecule has 2 unspecified atom stereocenters. The molecule has 2 bridgehead atoms. The minimum absolute atomic E-state index is 0.00481. The van der Waals surface area contributed by atoms with Crippen LogP contribution in [0.1, 0.15) is 23.7 Å². The molecule has 2 fully saturated rings. The van der Waals surface area contributed by atoms with Gasteiger partial charge in [-0.05, 0) is 48.4 Å². The Morgan fingerprint density at radius 1 is 1.13 bits per heavy atom. The van der Waals surface area contributed by atoms with Gasteiger partial charge in [0.15, 0.2) is 0 Å². The highest BCUT2D eigenvalue weighted by Gasteiger charge is 2.40. The van der Waals surface area contributed by atoms with Gasteiger partial charge < -0.3 is 14.0 Å². The van der Waals surface area contributed by atoms with Gasteiger partial charge in [0.2, 0.25) is 5.91 Å². The fraction of sp³-hybridized carbons (Fsp3) is 0.364. The zero-order valence-corrected chi connectivity index (χ0v) is 17.9. The van der Waals surface area contributed by atoms with Crippen LogP contribution in [0.3, 0.4) is 0 Å². The second-order valence-electron chi connectivity index (χ2n) is 8.31. The Balaban J connectivity index is 1.30. The maximum absolute atomic E-state index is 13.0. The Bertz CT molecular complexity index is 1180. The van der Waals surface area contributed by atoms with E-state index in [0.29, 0.717) is 24.5 Å². The summed E-state index contributed by atoms with van der Waals surface area (Å²) in [6.07, 6.45) is 4.47. The number of pyridine rings is 1. The smallest absolute Gasteiger partial charge is 0.294 e. The van der Waals surface area contributed by atoms with Crippen molar-refractivity contribution < 1.29 is 14.4 Å². The third-order valence-electron chi connectivity index (χ3n) is 6.26. The van der Waals surface area contributed by atoms with Crippen LogP contribution in [0.15, 0.2) is 46.2 Å². The molecule has 2 aromatic rings. The number of carbonyl (C=O) groups is 3. The number of rotatable bonds is 3. The molecule has 9 heteroatoms. The molecule has 160 valence electrons. The van der Waals surface area contributed by atoms with Gasteiger partial charge in [0.05, 0.1) is 4.91 Å². The first-order chi connectivity index (χ1) is 14.9. The molecule has 0 spiro atoms. The summed E-state index contributed by atoms with van der Waals surface area (Å²) >= 11 is 0.863. The summed E-state index contributed by atoms with van der Waals surface area (Å²) in [6, 6.07) is 8.99. The minimum atomic E-state index is -0.432. The maximum Gasteiger partial charge on any atom is 0.294 e. The Hall–Kier alpha value is -3.07. The van der Waals surface area contributed by atoms with Gasteiger partial charge in [-0.2, -0.15) is 0 Å². The molecule has 2 aromatic heterocycles. The number of aromatic nitrogens is 2. The van der Waals surface area contributed by atoms with Crippen LogP contribution in [-0.4, -0.2) is 55.6 Å². The number of carbonyl (C=O) groups excluding carboxylic acids is 3. The molecule has 0 aliphatic carbocycles. The van der Waals surface area contributed by atoms with E-state index in [1.165, 1.54) is 0 Å². The standard InChI is InChI=1S/C22H22N4O4S/c1-23-7-3-4-16(23)9-18-21(29)26(22(30)31-18)13-20(28)24-10-14-8-15(12-24)17-5-2-6-19(27)25(17)11-14/h2-7,9,14-15H,8,10-13H2,1H3. The van der Waals surface area contributed by atoms with Gasteiger partial charge in [-0.25, -0.2) is 0 Å². The Morgan fingerprint density at radius 3 is 2.74 bits per heavy atom. The van der Waals surface area contributed by atoms with Gasteiger partial charge in [-0.3, -0.25) is 24.1 Å². The van der Waals surface area contributed by atoms with Gasteiger partial charge in [0, 0.05) is 56.3 Å². The van der Waals surface area contributed by atoms with Crippen LogP contribution in [-0.2, 0) is 23.2 Å². The summed E-state index contributed by atoms with van der Waals surface area (Å²) in [5.74, 6) is -0.373. The van der Waals surface area contributed by atoms with E-state index in [4.69, 9.17) is 0 Å². The molecule has 8 nitrogen and oxygen atoms in total. The largest absolute Gasteiger partial charge is 0.351 e. The SMILES string of the molecule is Cn1cccc1C=C1SC(=O)N(CC(=O)N2CC3CC(C2)c2cccc(=O)n2C3)C1=O. The molecule has 3 aliphatic rings. The molecular weight excluding hydrogens is 416 g/mol. The van der Waals surface area contributed by atoms with Crippen molar-refractivity contribution in [3.63, 3.8) is 0 Å². The number of fused-ring (bicyclic) bond motifs is 4. The number of piperidine rings is 1. The number of amides is 3. The second kappa shape index (κ2) is 7.56. The van der Waals surface area contributed by atoms with E-state index in [-0.39, 0.29) is 29.8 Å². The summed E-state index contributed by atoms with van der Waals surface area (Å²) in [7, 11) is 1.86. The molecule has 3 amide bonds. The van der Waals surface area contributed by atoms with Crippen LogP contribution in [0.5, 0.6) is 0 Å². The molecule has 5 heterocycles. The Kier molecular flexibility index (Phi) is 4.85. The predicted octanol–water partition coefficient (Wildman–Crippen LogP) is 1.87. The third-order valence-corrected chi connectivity index (χ3v) is 7.17. The highest BCUT2D eigenvalue weighted by atomic mass is 32.2. The lowest BCUT2D eigenvalue weighted by Gasteiger charge is -2.43. The van der Waals surface area contributed by atoms with Crippen molar-refractivity contribution in [3.8, 4) is 0 Å². The molecule has 31 heavy (non-hydrogen) atoms. The van der Waals surface area contributed by atoms with E-state index < -0.39 is 11.1 Å². The Morgan fingerprint density at radius 2 is 1.97 bits per heavy atom. The van der Waals surface area contributed by atoms with E-state index in [1.54, 1.807) is 23.1 Å². The lowest BCUT2D eigenvalue weighted by Crippen LogP contribution is -2.51. The average Bonchev–Trinajstić information content (AvgIpc) is 3.26. The fourth-order valence-electron chi connectivity index (χ4n) is 4.73. The first-order valence-electron chi connectivity index (χ1n) is 10.2. The number of hydrogen-bond donors (Lipinski definition) is 0. The first-order valence-corrected chi connectivity index (χ1v) is 11.1. The highest BCUT2D eigenvalue weighted by molar-refractivity contribution is 8.18. The van der Waals surface area contributed by atoms with E-state index in [2.05, 4.69) is 0 Å². The molecule has 5 rings (SSSR count). The quantitative estimate of drug-likeness (QED) is 0.683. The van der Waals surface area contributed by atoms with Crippen LogP contribution >= 0.6 is 11.8 Å². The summed E-state index contributed by atoms with van der Waals surface area (Å²) in [5, 5.41) is -0.423. The number of thioether (sulfide) groups is 1. The maximum atomic E-state index is 13.0. The molecule has 2 saturated heterocycles. The third kappa shape index (κ3) is 3.52. The van der Waals surface area contributed by atoms with Gasteiger partial charge in [0.1, 0.15) is 6.54 Å². The molecular formula is C22H22N4O4S. The van der Waals surface area contributed by atoms with Crippen molar-refractivity contribution in [2.24, 2.45) is 13.0 Å². The van der Waals surface area contributed by atoms with Crippen LogP contribution in [0, 0.1) is 5.92 Å². The number of hydrogen-bond acceptors (Lipinski definition) is 5. The van der Waals surface area contributed by atoms with Crippen molar-refractivity contribution in [2.75, 3.05) is 19.6 Å². The fourth-order valence-corrected chi connectivity index (χ4v) is 5.55. The van der Waals surface area contributed by atoms with Gasteiger partial charge >= 0.3 is 0 Å². The van der Waals surface area contributed by atoms with E-state index >= 15 is 0 Å². The van der Waals surface area contributed by atoms with Gasteiger partial charge in [-0.1, -0.05) is 6.07 Å². The van der Waals surface area contributed by atoms with E-state index in [9.17, 15) is 19.2 Å². The van der Waals surface area contributed by atoms with Crippen LogP contribution in [0.4, 0.5) is 4.79 Å². The number of nitrogens with zero attached hydrogens (tertiary/aromatic N) is 4. The molecule has 0 N–H and O–H groups in total. The van der Waals surface area contributed by atoms with Crippen molar-refractivity contribution >= 4 is 34.9 Å². The van der Waals surface area contributed by atoms with Crippen LogP contribution in [0.2, 0.25) is 0 Å². The number of imide groups is 1. The van der Waals surface area contributed by atoms with Gasteiger partial charge in [0.25, 0.3) is 16.7 Å². The van der Waals surface area contributed by atoms with Crippen LogP contribution < -0.4 is 5.56 Å². The van der Waals surface area contributed by atoms with E-state index in [1.807, 2.05) is 40.6 Å². The molecule has 0 radical (unpaired) electrons. The average molecular weight is 439 g/mol. The second-order valence-corrected chi connectivity index (χ2v) is 9.30. The number of aryl methyl sites for hydroxylation is 1. The predicted molar refractivity (Wildman–Crippen MR) is 116 cm³/mol. The van der Waals surface area contributed by atoms with Crippen molar-refractivity contribution in [3.05, 3.63) is 63.2 Å².